The molecule has 0 bridgehead atoms. The van der Waals surface area contributed by atoms with Gasteiger partial charge in [0.1, 0.15) is 6.54 Å². The van der Waals surface area contributed by atoms with Gasteiger partial charge in [-0.05, 0) is 26.3 Å². The number of ether oxygens (including phenoxy) is 1. The van der Waals surface area contributed by atoms with Crippen molar-refractivity contribution in [2.45, 2.75) is 52.6 Å². The summed E-state index contributed by atoms with van der Waals surface area (Å²) in [5.74, 6) is -0.269. The van der Waals surface area contributed by atoms with E-state index < -0.39 is 11.2 Å². The third-order valence-corrected chi connectivity index (χ3v) is 5.57. The predicted octanol–water partition coefficient (Wildman–Crippen LogP) is 1.06. The van der Waals surface area contributed by atoms with E-state index in [1.807, 2.05) is 51.1 Å². The molecule has 4 rings (SSSR count). The minimum atomic E-state index is -0.537. The summed E-state index contributed by atoms with van der Waals surface area (Å²) in [4.78, 5) is 45.6. The van der Waals surface area contributed by atoms with E-state index in [9.17, 15) is 14.4 Å². The fraction of sp³-hybridized carbons (Fsp3) is 0.455. The van der Waals surface area contributed by atoms with E-state index in [2.05, 4.69) is 4.98 Å². The van der Waals surface area contributed by atoms with E-state index in [-0.39, 0.29) is 31.2 Å². The summed E-state index contributed by atoms with van der Waals surface area (Å²) in [6.07, 6.45) is 1.37. The molecule has 1 aliphatic heterocycles. The average Bonchev–Trinajstić information content (AvgIpc) is 3.18. The minimum absolute atomic E-state index is 0.0943. The number of carbonyl (C=O) groups excluding carboxylic acids is 1. The van der Waals surface area contributed by atoms with Gasteiger partial charge in [-0.15, -0.1) is 0 Å². The van der Waals surface area contributed by atoms with Gasteiger partial charge >= 0.3 is 5.69 Å². The maximum atomic E-state index is 13.3. The smallest absolute Gasteiger partial charge is 0.333 e. The van der Waals surface area contributed by atoms with Gasteiger partial charge in [-0.2, -0.15) is 0 Å². The molecule has 1 aliphatic rings. The van der Waals surface area contributed by atoms with Crippen LogP contribution in [0.3, 0.4) is 0 Å². The molecule has 2 aromatic heterocycles. The van der Waals surface area contributed by atoms with Crippen molar-refractivity contribution < 1.29 is 9.53 Å². The number of nitrogens with zero attached hydrogens (tertiary/aromatic N) is 5. The highest BCUT2D eigenvalue weighted by molar-refractivity contribution is 5.77. The highest BCUT2D eigenvalue weighted by Crippen LogP contribution is 2.12. The number of hydrogen-bond acceptors (Lipinski definition) is 5. The zero-order chi connectivity index (χ0) is 22.1. The van der Waals surface area contributed by atoms with Gasteiger partial charge in [0.2, 0.25) is 5.91 Å². The Bertz CT molecular complexity index is 1200. The highest BCUT2D eigenvalue weighted by Gasteiger charge is 2.27. The van der Waals surface area contributed by atoms with Crippen molar-refractivity contribution in [2.75, 3.05) is 13.1 Å². The van der Waals surface area contributed by atoms with Gasteiger partial charge in [0.05, 0.1) is 25.1 Å². The maximum absolute atomic E-state index is 13.3. The van der Waals surface area contributed by atoms with Crippen LogP contribution in [0.2, 0.25) is 0 Å². The second-order valence-corrected chi connectivity index (χ2v) is 8.00. The molecule has 3 heterocycles. The van der Waals surface area contributed by atoms with Crippen molar-refractivity contribution in [3.8, 4) is 0 Å². The first-order valence-electron chi connectivity index (χ1n) is 10.5. The fourth-order valence-corrected chi connectivity index (χ4v) is 4.14. The molecule has 31 heavy (non-hydrogen) atoms. The molecule has 1 saturated heterocycles. The van der Waals surface area contributed by atoms with E-state index in [1.165, 1.54) is 4.57 Å². The van der Waals surface area contributed by atoms with Crippen LogP contribution in [0, 0.1) is 0 Å². The summed E-state index contributed by atoms with van der Waals surface area (Å²) >= 11 is 0. The molecular weight excluding hydrogens is 398 g/mol. The summed E-state index contributed by atoms with van der Waals surface area (Å²) in [6, 6.07) is 9.50. The summed E-state index contributed by atoms with van der Waals surface area (Å²) in [7, 11) is 0. The Morgan fingerprint density at radius 2 is 1.77 bits per heavy atom. The van der Waals surface area contributed by atoms with Gasteiger partial charge in [-0.25, -0.2) is 14.3 Å². The Morgan fingerprint density at radius 1 is 1.10 bits per heavy atom. The van der Waals surface area contributed by atoms with Crippen LogP contribution in [0.4, 0.5) is 0 Å². The van der Waals surface area contributed by atoms with E-state index in [4.69, 9.17) is 4.74 Å². The zero-order valence-electron chi connectivity index (χ0n) is 18.0. The maximum Gasteiger partial charge on any atom is 0.333 e. The van der Waals surface area contributed by atoms with Crippen LogP contribution in [0.25, 0.3) is 11.2 Å². The van der Waals surface area contributed by atoms with Crippen molar-refractivity contribution in [1.29, 1.82) is 0 Å². The number of hydrogen-bond donors (Lipinski definition) is 0. The molecule has 9 heteroatoms. The van der Waals surface area contributed by atoms with Crippen molar-refractivity contribution in [2.24, 2.45) is 0 Å². The zero-order valence-corrected chi connectivity index (χ0v) is 18.0. The lowest BCUT2D eigenvalue weighted by atomic mass is 10.2. The number of aryl methyl sites for hydroxylation is 1. The molecule has 9 nitrogen and oxygen atoms in total. The van der Waals surface area contributed by atoms with Crippen molar-refractivity contribution in [3.63, 3.8) is 0 Å². The van der Waals surface area contributed by atoms with Crippen LogP contribution < -0.4 is 11.2 Å². The van der Waals surface area contributed by atoms with Crippen molar-refractivity contribution >= 4 is 17.1 Å². The lowest BCUT2D eigenvalue weighted by molar-refractivity contribution is -0.143. The number of imidazole rings is 1. The second kappa shape index (κ2) is 8.50. The van der Waals surface area contributed by atoms with Gasteiger partial charge in [0.25, 0.3) is 5.56 Å². The highest BCUT2D eigenvalue weighted by atomic mass is 16.5. The standard InChI is InChI=1S/C22H27N5O4/c1-4-24-14-23-20-19(24)21(29)27(13-18(28)25-10-15(2)31-16(3)11-25)22(30)26(20)12-17-8-6-5-7-9-17/h5-9,14-16H,4,10-13H2,1-3H3/t15-,16-/m0/s1. The van der Waals surface area contributed by atoms with E-state index in [1.54, 1.807) is 15.8 Å². The van der Waals surface area contributed by atoms with Crippen molar-refractivity contribution in [1.82, 2.24) is 23.6 Å². The molecular formula is C22H27N5O4. The second-order valence-electron chi connectivity index (χ2n) is 8.00. The Balaban J connectivity index is 1.78. The Morgan fingerprint density at radius 3 is 2.42 bits per heavy atom. The van der Waals surface area contributed by atoms with Gasteiger partial charge < -0.3 is 14.2 Å². The Labute approximate surface area is 179 Å². The molecule has 1 fully saturated rings. The average molecular weight is 425 g/mol. The van der Waals surface area contributed by atoms with Gasteiger partial charge in [-0.1, -0.05) is 30.3 Å². The summed E-state index contributed by atoms with van der Waals surface area (Å²) in [6.45, 7) is 7.06. The quantitative estimate of drug-likeness (QED) is 0.610. The van der Waals surface area contributed by atoms with Crippen LogP contribution in [-0.4, -0.2) is 54.8 Å². The number of amides is 1. The molecule has 0 saturated carbocycles. The molecule has 164 valence electrons. The van der Waals surface area contributed by atoms with Crippen LogP contribution in [0.15, 0.2) is 46.2 Å². The Hall–Kier alpha value is -3.20. The molecule has 0 N–H and O–H groups in total. The van der Waals surface area contributed by atoms with Crippen LogP contribution in [-0.2, 0) is 29.2 Å². The number of carbonyl (C=O) groups is 1. The molecule has 2 atom stereocenters. The molecule has 1 amide bonds. The number of morpholine rings is 1. The summed E-state index contributed by atoms with van der Waals surface area (Å²) < 4.78 is 9.90. The normalized spacial score (nSPS) is 19.1. The lowest BCUT2D eigenvalue weighted by Crippen LogP contribution is -2.51. The largest absolute Gasteiger partial charge is 0.372 e. The number of aromatic nitrogens is 4. The van der Waals surface area contributed by atoms with Crippen LogP contribution in [0.5, 0.6) is 0 Å². The van der Waals surface area contributed by atoms with Gasteiger partial charge in [0.15, 0.2) is 11.2 Å². The van der Waals surface area contributed by atoms with Crippen LogP contribution >= 0.6 is 0 Å². The number of fused-ring (bicyclic) bond motifs is 1. The first kappa shape index (κ1) is 21.0. The first-order valence-corrected chi connectivity index (χ1v) is 10.5. The van der Waals surface area contributed by atoms with E-state index >= 15 is 0 Å². The topological polar surface area (TPSA) is 91.4 Å². The molecule has 0 unspecified atom stereocenters. The van der Waals surface area contributed by atoms with E-state index in [0.29, 0.717) is 30.8 Å². The SMILES string of the molecule is CCn1cnc2c1c(=O)n(CC(=O)N1C[C@H](C)O[C@@H](C)C1)c(=O)n2Cc1ccccc1. The fourth-order valence-electron chi connectivity index (χ4n) is 4.14. The summed E-state index contributed by atoms with van der Waals surface area (Å²) in [5, 5.41) is 0. The van der Waals surface area contributed by atoms with Crippen LogP contribution in [0.1, 0.15) is 26.3 Å². The molecule has 3 aromatic rings. The molecule has 0 radical (unpaired) electrons. The van der Waals surface area contributed by atoms with E-state index in [0.717, 1.165) is 10.1 Å². The monoisotopic (exact) mass is 425 g/mol. The first-order chi connectivity index (χ1) is 14.9. The van der Waals surface area contributed by atoms with Crippen molar-refractivity contribution in [3.05, 3.63) is 63.1 Å². The number of benzene rings is 1. The third kappa shape index (κ3) is 4.05. The molecule has 0 aliphatic carbocycles. The number of rotatable bonds is 5. The lowest BCUT2D eigenvalue weighted by Gasteiger charge is -2.35. The summed E-state index contributed by atoms with van der Waals surface area (Å²) in [5.41, 5.74) is 0.536. The third-order valence-electron chi connectivity index (χ3n) is 5.57. The Kier molecular flexibility index (Phi) is 5.77. The molecule has 0 spiro atoms. The van der Waals surface area contributed by atoms with Gasteiger partial charge in [0, 0.05) is 19.6 Å². The van der Waals surface area contributed by atoms with Gasteiger partial charge in [-0.3, -0.25) is 14.2 Å². The molecule has 1 aromatic carbocycles. The predicted molar refractivity (Wildman–Crippen MR) is 116 cm³/mol. The minimum Gasteiger partial charge on any atom is -0.372 e.